The third kappa shape index (κ3) is 2.98. The lowest BCUT2D eigenvalue weighted by atomic mass is 10.0. The Balaban J connectivity index is 1.55. The van der Waals surface area contributed by atoms with Crippen molar-refractivity contribution in [1.29, 1.82) is 0 Å². The molecule has 0 N–H and O–H groups in total. The number of anilines is 1. The summed E-state index contributed by atoms with van der Waals surface area (Å²) in [6.45, 7) is 4.73. The third-order valence-electron chi connectivity index (χ3n) is 4.27. The highest BCUT2D eigenvalue weighted by Crippen LogP contribution is 2.27. The summed E-state index contributed by atoms with van der Waals surface area (Å²) in [7, 11) is 0. The van der Waals surface area contributed by atoms with Crippen LogP contribution in [-0.4, -0.2) is 48.4 Å². The summed E-state index contributed by atoms with van der Waals surface area (Å²) in [6.07, 6.45) is 9.19. The maximum absolute atomic E-state index is 10.7. The molecule has 0 amide bonds. The number of piperidine rings is 2. The van der Waals surface area contributed by atoms with E-state index in [4.69, 9.17) is 0 Å². The van der Waals surface area contributed by atoms with Crippen LogP contribution in [0.5, 0.6) is 0 Å². The van der Waals surface area contributed by atoms with E-state index < -0.39 is 0 Å². The molecular formula is C14H21N3OS. The van der Waals surface area contributed by atoms with E-state index >= 15 is 0 Å². The van der Waals surface area contributed by atoms with E-state index in [9.17, 15) is 4.79 Å². The molecule has 0 aliphatic carbocycles. The van der Waals surface area contributed by atoms with Crippen molar-refractivity contribution in [1.82, 2.24) is 9.88 Å². The molecular weight excluding hydrogens is 258 g/mol. The molecule has 3 rings (SSSR count). The molecule has 104 valence electrons. The largest absolute Gasteiger partial charge is 0.348 e. The average molecular weight is 279 g/mol. The van der Waals surface area contributed by atoms with Crippen LogP contribution in [0.3, 0.4) is 0 Å². The zero-order valence-corrected chi connectivity index (χ0v) is 12.1. The molecule has 2 saturated heterocycles. The first-order chi connectivity index (χ1) is 9.36. The van der Waals surface area contributed by atoms with Gasteiger partial charge in [-0.3, -0.25) is 4.79 Å². The SMILES string of the molecule is O=Cc1cnc(N2CCC(N3CCCCC3)CC2)s1. The predicted molar refractivity (Wildman–Crippen MR) is 78.2 cm³/mol. The number of nitrogens with zero attached hydrogens (tertiary/aromatic N) is 3. The van der Waals surface area contributed by atoms with E-state index in [1.165, 1.54) is 56.5 Å². The lowest BCUT2D eigenvalue weighted by Crippen LogP contribution is -2.46. The number of carbonyl (C=O) groups is 1. The van der Waals surface area contributed by atoms with E-state index in [-0.39, 0.29) is 0 Å². The van der Waals surface area contributed by atoms with E-state index in [1.54, 1.807) is 6.20 Å². The van der Waals surface area contributed by atoms with Gasteiger partial charge < -0.3 is 9.80 Å². The Hall–Kier alpha value is -0.940. The third-order valence-corrected chi connectivity index (χ3v) is 5.25. The summed E-state index contributed by atoms with van der Waals surface area (Å²) in [5.41, 5.74) is 0. The van der Waals surface area contributed by atoms with Gasteiger partial charge in [-0.05, 0) is 38.8 Å². The number of aldehydes is 1. The number of hydrogen-bond donors (Lipinski definition) is 0. The molecule has 0 bridgehead atoms. The van der Waals surface area contributed by atoms with Crippen LogP contribution in [0.25, 0.3) is 0 Å². The number of carbonyl (C=O) groups excluding carboxylic acids is 1. The molecule has 1 aromatic rings. The van der Waals surface area contributed by atoms with Crippen LogP contribution in [0, 0.1) is 0 Å². The van der Waals surface area contributed by atoms with Gasteiger partial charge in [0.2, 0.25) is 0 Å². The van der Waals surface area contributed by atoms with Crippen LogP contribution >= 0.6 is 11.3 Å². The van der Waals surface area contributed by atoms with Gasteiger partial charge in [-0.15, -0.1) is 0 Å². The van der Waals surface area contributed by atoms with Gasteiger partial charge in [0, 0.05) is 19.1 Å². The highest BCUT2D eigenvalue weighted by atomic mass is 32.1. The highest BCUT2D eigenvalue weighted by Gasteiger charge is 2.26. The molecule has 4 nitrogen and oxygen atoms in total. The molecule has 2 aliphatic heterocycles. The standard InChI is InChI=1S/C14H21N3OS/c18-11-13-10-15-14(19-13)17-8-4-12(5-9-17)16-6-2-1-3-7-16/h10-12H,1-9H2. The molecule has 3 heterocycles. The number of aromatic nitrogens is 1. The summed E-state index contributed by atoms with van der Waals surface area (Å²) in [6, 6.07) is 0.766. The fraction of sp³-hybridized carbons (Fsp3) is 0.714. The molecule has 0 radical (unpaired) electrons. The van der Waals surface area contributed by atoms with Crippen LogP contribution < -0.4 is 4.90 Å². The zero-order valence-electron chi connectivity index (χ0n) is 11.3. The molecule has 19 heavy (non-hydrogen) atoms. The maximum atomic E-state index is 10.7. The van der Waals surface area contributed by atoms with Crippen molar-refractivity contribution in [2.45, 2.75) is 38.1 Å². The quantitative estimate of drug-likeness (QED) is 0.796. The van der Waals surface area contributed by atoms with E-state index in [0.717, 1.165) is 35.4 Å². The van der Waals surface area contributed by atoms with Crippen molar-refractivity contribution >= 4 is 22.8 Å². The average Bonchev–Trinajstić information content (AvgIpc) is 2.97. The van der Waals surface area contributed by atoms with E-state index in [2.05, 4.69) is 14.8 Å². The van der Waals surface area contributed by atoms with Crippen molar-refractivity contribution in [3.8, 4) is 0 Å². The Labute approximate surface area is 118 Å². The highest BCUT2D eigenvalue weighted by molar-refractivity contribution is 7.17. The van der Waals surface area contributed by atoms with Crippen molar-refractivity contribution in [3.05, 3.63) is 11.1 Å². The van der Waals surface area contributed by atoms with Gasteiger partial charge in [0.15, 0.2) is 11.4 Å². The molecule has 0 unspecified atom stereocenters. The fourth-order valence-corrected chi connectivity index (χ4v) is 3.96. The number of likely N-dealkylation sites (tertiary alicyclic amines) is 1. The van der Waals surface area contributed by atoms with Gasteiger partial charge in [0.05, 0.1) is 11.1 Å². The Morgan fingerprint density at radius 1 is 1.16 bits per heavy atom. The van der Waals surface area contributed by atoms with Gasteiger partial charge in [-0.1, -0.05) is 17.8 Å². The van der Waals surface area contributed by atoms with Crippen LogP contribution in [0.1, 0.15) is 41.8 Å². The summed E-state index contributed by atoms with van der Waals surface area (Å²) in [4.78, 5) is 20.8. The summed E-state index contributed by atoms with van der Waals surface area (Å²) in [5, 5.41) is 1.01. The second-order valence-corrected chi connectivity index (χ2v) is 6.52. The summed E-state index contributed by atoms with van der Waals surface area (Å²) < 4.78 is 0. The second kappa shape index (κ2) is 6.01. The van der Waals surface area contributed by atoms with Crippen molar-refractivity contribution in [2.75, 3.05) is 31.1 Å². The molecule has 5 heteroatoms. The minimum atomic E-state index is 0.730. The van der Waals surface area contributed by atoms with Gasteiger partial charge in [-0.2, -0.15) is 0 Å². The Bertz CT molecular complexity index is 420. The van der Waals surface area contributed by atoms with Crippen molar-refractivity contribution in [2.24, 2.45) is 0 Å². The Morgan fingerprint density at radius 3 is 2.53 bits per heavy atom. The van der Waals surface area contributed by atoms with Crippen LogP contribution in [0.4, 0.5) is 5.13 Å². The first kappa shape index (κ1) is 13.1. The normalized spacial score (nSPS) is 22.6. The molecule has 0 aromatic carbocycles. The smallest absolute Gasteiger partial charge is 0.185 e. The fourth-order valence-electron chi connectivity index (χ4n) is 3.18. The van der Waals surface area contributed by atoms with Crippen LogP contribution in [-0.2, 0) is 0 Å². The van der Waals surface area contributed by atoms with Gasteiger partial charge >= 0.3 is 0 Å². The molecule has 0 saturated carbocycles. The van der Waals surface area contributed by atoms with Gasteiger partial charge in [0.25, 0.3) is 0 Å². The second-order valence-electron chi connectivity index (χ2n) is 5.48. The molecule has 2 aliphatic rings. The molecule has 0 spiro atoms. The predicted octanol–water partition coefficient (Wildman–Crippen LogP) is 2.41. The molecule has 0 atom stereocenters. The van der Waals surface area contributed by atoms with Gasteiger partial charge in [-0.25, -0.2) is 4.98 Å². The number of thiazole rings is 1. The number of hydrogen-bond acceptors (Lipinski definition) is 5. The lowest BCUT2D eigenvalue weighted by molar-refractivity contribution is 0.112. The van der Waals surface area contributed by atoms with E-state index in [1.807, 2.05) is 0 Å². The minimum Gasteiger partial charge on any atom is -0.348 e. The minimum absolute atomic E-state index is 0.730. The molecule has 2 fully saturated rings. The summed E-state index contributed by atoms with van der Waals surface area (Å²) in [5.74, 6) is 0. The first-order valence-corrected chi connectivity index (χ1v) is 8.08. The van der Waals surface area contributed by atoms with Crippen molar-refractivity contribution < 1.29 is 4.79 Å². The monoisotopic (exact) mass is 279 g/mol. The van der Waals surface area contributed by atoms with Crippen LogP contribution in [0.2, 0.25) is 0 Å². The Morgan fingerprint density at radius 2 is 1.89 bits per heavy atom. The number of rotatable bonds is 3. The Kier molecular flexibility index (Phi) is 4.13. The van der Waals surface area contributed by atoms with Crippen molar-refractivity contribution in [3.63, 3.8) is 0 Å². The van der Waals surface area contributed by atoms with Crippen LogP contribution in [0.15, 0.2) is 6.20 Å². The van der Waals surface area contributed by atoms with E-state index in [0.29, 0.717) is 0 Å². The molecule has 1 aromatic heterocycles. The first-order valence-electron chi connectivity index (χ1n) is 7.27. The summed E-state index contributed by atoms with van der Waals surface area (Å²) >= 11 is 1.51. The van der Waals surface area contributed by atoms with Gasteiger partial charge in [0.1, 0.15) is 0 Å². The maximum Gasteiger partial charge on any atom is 0.185 e. The zero-order chi connectivity index (χ0) is 13.1. The topological polar surface area (TPSA) is 36.4 Å². The lowest BCUT2D eigenvalue weighted by Gasteiger charge is -2.40.